The maximum atomic E-state index is 13.4. The van der Waals surface area contributed by atoms with Crippen molar-refractivity contribution in [1.82, 2.24) is 28.7 Å². The highest BCUT2D eigenvalue weighted by Crippen LogP contribution is 2.29. The van der Waals surface area contributed by atoms with Crippen molar-refractivity contribution in [2.75, 3.05) is 0 Å². The second-order valence-corrected chi connectivity index (χ2v) is 14.8. The number of aromatic nitrogens is 6. The van der Waals surface area contributed by atoms with E-state index in [4.69, 9.17) is 33.2 Å². The molecule has 0 amide bonds. The minimum absolute atomic E-state index is 0.0269. The Labute approximate surface area is 315 Å². The molecule has 0 aliphatic rings. The SMILES string of the molecule is CC(=O)n1c(C)cc2c3nc(C(C)C)n(-c4ccc(Cl)cc4)c(=O)c3ccc21.Cc1cc2c(ccc3c(=O)n(-c4ccc(Cl)cc4)c(C(C)C)nc32)[nH]1. The first-order chi connectivity index (χ1) is 25.2. The third-order valence-electron chi connectivity index (χ3n) is 9.35. The summed E-state index contributed by atoms with van der Waals surface area (Å²) in [6.45, 7) is 13.5. The molecule has 8 rings (SSSR count). The maximum absolute atomic E-state index is 13.4. The number of benzene rings is 4. The molecule has 0 atom stereocenters. The molecule has 268 valence electrons. The van der Waals surface area contributed by atoms with Crippen LogP contribution in [-0.4, -0.2) is 34.6 Å². The van der Waals surface area contributed by atoms with Gasteiger partial charge in [-0.1, -0.05) is 50.9 Å². The first-order valence-electron chi connectivity index (χ1n) is 17.4. The van der Waals surface area contributed by atoms with Crippen molar-refractivity contribution in [3.05, 3.63) is 139 Å². The molecule has 4 heterocycles. The van der Waals surface area contributed by atoms with E-state index in [1.165, 1.54) is 6.92 Å². The van der Waals surface area contributed by atoms with Gasteiger partial charge in [-0.25, -0.2) is 9.97 Å². The fourth-order valence-corrected chi connectivity index (χ4v) is 7.21. The Bertz CT molecular complexity index is 2840. The van der Waals surface area contributed by atoms with E-state index in [-0.39, 0.29) is 28.9 Å². The highest BCUT2D eigenvalue weighted by atomic mass is 35.5. The van der Waals surface area contributed by atoms with E-state index in [1.807, 2.05) is 96.1 Å². The Balaban J connectivity index is 0.000000165. The number of halogens is 2. The number of aromatic amines is 1. The van der Waals surface area contributed by atoms with Crippen LogP contribution in [0.15, 0.2) is 94.5 Å². The summed E-state index contributed by atoms with van der Waals surface area (Å²) in [5, 5.41) is 4.18. The molecule has 53 heavy (non-hydrogen) atoms. The molecule has 4 aromatic heterocycles. The fraction of sp³-hybridized carbons (Fsp3) is 0.214. The van der Waals surface area contributed by atoms with Crippen LogP contribution in [0.5, 0.6) is 0 Å². The van der Waals surface area contributed by atoms with E-state index in [0.29, 0.717) is 32.2 Å². The predicted molar refractivity (Wildman–Crippen MR) is 216 cm³/mol. The molecule has 0 unspecified atom stereocenters. The summed E-state index contributed by atoms with van der Waals surface area (Å²) in [6, 6.07) is 25.7. The smallest absolute Gasteiger partial charge is 0.266 e. The largest absolute Gasteiger partial charge is 0.359 e. The number of fused-ring (bicyclic) bond motifs is 6. The zero-order chi connectivity index (χ0) is 37.9. The van der Waals surface area contributed by atoms with Crippen LogP contribution in [0, 0.1) is 13.8 Å². The van der Waals surface area contributed by atoms with Gasteiger partial charge in [0, 0.05) is 56.5 Å². The fourth-order valence-electron chi connectivity index (χ4n) is 6.96. The molecule has 4 aromatic carbocycles. The minimum Gasteiger partial charge on any atom is -0.359 e. The monoisotopic (exact) mass is 744 g/mol. The number of nitrogens with one attached hydrogen (secondary N) is 1. The molecule has 8 aromatic rings. The van der Waals surface area contributed by atoms with Gasteiger partial charge in [-0.05, 0) is 98.8 Å². The average Bonchev–Trinajstić information content (AvgIpc) is 3.68. The van der Waals surface area contributed by atoms with E-state index in [9.17, 15) is 14.4 Å². The summed E-state index contributed by atoms with van der Waals surface area (Å²) in [6.07, 6.45) is 0. The van der Waals surface area contributed by atoms with Gasteiger partial charge in [0.25, 0.3) is 11.1 Å². The second kappa shape index (κ2) is 13.8. The minimum atomic E-state index is -0.133. The third-order valence-corrected chi connectivity index (χ3v) is 9.85. The van der Waals surface area contributed by atoms with Gasteiger partial charge >= 0.3 is 0 Å². The summed E-state index contributed by atoms with van der Waals surface area (Å²) in [5.74, 6) is 1.47. The third kappa shape index (κ3) is 6.34. The second-order valence-electron chi connectivity index (χ2n) is 13.9. The van der Waals surface area contributed by atoms with Crippen LogP contribution in [0.2, 0.25) is 10.0 Å². The van der Waals surface area contributed by atoms with Crippen molar-refractivity contribution in [2.24, 2.45) is 0 Å². The Morgan fingerprint density at radius 2 is 1.11 bits per heavy atom. The molecule has 0 saturated carbocycles. The van der Waals surface area contributed by atoms with Crippen LogP contribution in [-0.2, 0) is 0 Å². The van der Waals surface area contributed by atoms with Crippen molar-refractivity contribution in [1.29, 1.82) is 0 Å². The van der Waals surface area contributed by atoms with Crippen LogP contribution in [0.1, 0.15) is 74.3 Å². The molecule has 11 heteroatoms. The van der Waals surface area contributed by atoms with Gasteiger partial charge in [0.2, 0.25) is 5.91 Å². The summed E-state index contributed by atoms with van der Waals surface area (Å²) in [7, 11) is 0. The topological polar surface area (TPSA) is 108 Å². The first kappa shape index (κ1) is 35.9. The zero-order valence-corrected chi connectivity index (χ0v) is 32.0. The lowest BCUT2D eigenvalue weighted by Crippen LogP contribution is -2.24. The summed E-state index contributed by atoms with van der Waals surface area (Å²) >= 11 is 12.0. The van der Waals surface area contributed by atoms with Gasteiger partial charge < -0.3 is 4.98 Å². The quantitative estimate of drug-likeness (QED) is 0.193. The van der Waals surface area contributed by atoms with Gasteiger partial charge in [0.15, 0.2) is 0 Å². The Morgan fingerprint density at radius 3 is 1.58 bits per heavy atom. The van der Waals surface area contributed by atoms with Crippen molar-refractivity contribution < 1.29 is 4.79 Å². The molecular formula is C42H38Cl2N6O3. The van der Waals surface area contributed by atoms with Crippen molar-refractivity contribution in [3.63, 3.8) is 0 Å². The first-order valence-corrected chi connectivity index (χ1v) is 18.2. The van der Waals surface area contributed by atoms with Crippen molar-refractivity contribution in [2.45, 2.75) is 60.3 Å². The van der Waals surface area contributed by atoms with E-state index < -0.39 is 0 Å². The number of hydrogen-bond acceptors (Lipinski definition) is 5. The molecule has 1 N–H and O–H groups in total. The zero-order valence-electron chi connectivity index (χ0n) is 30.5. The summed E-state index contributed by atoms with van der Waals surface area (Å²) in [4.78, 5) is 51.8. The number of rotatable bonds is 4. The van der Waals surface area contributed by atoms with Gasteiger partial charge in [-0.2, -0.15) is 0 Å². The molecule has 0 fully saturated rings. The average molecular weight is 746 g/mol. The van der Waals surface area contributed by atoms with Gasteiger partial charge in [0.05, 0.1) is 38.7 Å². The summed E-state index contributed by atoms with van der Waals surface area (Å²) < 4.78 is 4.98. The Morgan fingerprint density at radius 1 is 0.642 bits per heavy atom. The Kier molecular flexibility index (Phi) is 9.34. The molecule has 9 nitrogen and oxygen atoms in total. The molecule has 0 saturated heterocycles. The number of hydrogen-bond donors (Lipinski definition) is 1. The molecule has 0 bridgehead atoms. The van der Waals surface area contributed by atoms with Gasteiger partial charge in [-0.15, -0.1) is 0 Å². The number of H-pyrrole nitrogens is 1. The highest BCUT2D eigenvalue weighted by Gasteiger charge is 2.20. The number of aryl methyl sites for hydroxylation is 2. The Hall–Kier alpha value is -5.51. The number of carbonyl (C=O) groups is 1. The standard InChI is InChI=1S/C22H20ClN3O2.C20H18ClN3O/c1-12(2)21-24-20-17(22(28)26(21)16-7-5-15(23)6-8-16)9-10-19-18(20)11-13(3)25(19)14(4)27;1-11(2)19-23-18-15(8-9-17-16(18)10-12(3)22-17)20(25)24(19)14-6-4-13(21)5-7-14/h5-12H,1-4H3;4-11,22H,1-3H3. The van der Waals surface area contributed by atoms with Crippen LogP contribution < -0.4 is 11.1 Å². The van der Waals surface area contributed by atoms with Crippen LogP contribution in [0.3, 0.4) is 0 Å². The van der Waals surface area contributed by atoms with Gasteiger partial charge in [-0.3, -0.25) is 28.1 Å². The molecular weight excluding hydrogens is 707 g/mol. The molecule has 0 aliphatic carbocycles. The predicted octanol–water partition coefficient (Wildman–Crippen LogP) is 10.0. The molecule has 0 radical (unpaired) electrons. The molecule has 0 aliphatic heterocycles. The van der Waals surface area contributed by atoms with Crippen molar-refractivity contribution >= 4 is 72.7 Å². The van der Waals surface area contributed by atoms with E-state index in [2.05, 4.69) is 4.98 Å². The molecule has 0 spiro atoms. The maximum Gasteiger partial charge on any atom is 0.266 e. The lowest BCUT2D eigenvalue weighted by Gasteiger charge is -2.16. The van der Waals surface area contributed by atoms with E-state index >= 15 is 0 Å². The highest BCUT2D eigenvalue weighted by molar-refractivity contribution is 6.30. The lowest BCUT2D eigenvalue weighted by atomic mass is 10.1. The normalized spacial score (nSPS) is 11.7. The van der Waals surface area contributed by atoms with Crippen LogP contribution in [0.25, 0.3) is 55.0 Å². The van der Waals surface area contributed by atoms with E-state index in [0.717, 1.165) is 55.9 Å². The number of carbonyl (C=O) groups excluding carboxylic acids is 1. The van der Waals surface area contributed by atoms with Crippen LogP contribution in [0.4, 0.5) is 0 Å². The van der Waals surface area contributed by atoms with Crippen molar-refractivity contribution in [3.8, 4) is 11.4 Å². The van der Waals surface area contributed by atoms with Crippen LogP contribution >= 0.6 is 23.2 Å². The van der Waals surface area contributed by atoms with Gasteiger partial charge in [0.1, 0.15) is 11.6 Å². The number of nitrogens with zero attached hydrogens (tertiary/aromatic N) is 5. The summed E-state index contributed by atoms with van der Waals surface area (Å²) in [5.41, 5.74) is 6.33. The lowest BCUT2D eigenvalue weighted by molar-refractivity contribution is 0.0939. The van der Waals surface area contributed by atoms with E-state index in [1.54, 1.807) is 44.0 Å².